The number of urea groups is 1. The number of nitrogens with zero attached hydrogens (tertiary/aromatic N) is 3. The van der Waals surface area contributed by atoms with Crippen molar-refractivity contribution in [2.24, 2.45) is 0 Å². The third-order valence-corrected chi connectivity index (χ3v) is 3.66. The van der Waals surface area contributed by atoms with Gasteiger partial charge in [0.25, 0.3) is 0 Å². The van der Waals surface area contributed by atoms with Gasteiger partial charge in [-0.1, -0.05) is 42.1 Å². The second-order valence-electron chi connectivity index (χ2n) is 4.37. The zero-order chi connectivity index (χ0) is 15.1. The predicted octanol–water partition coefficient (Wildman–Crippen LogP) is 2.02. The van der Waals surface area contributed by atoms with Crippen LogP contribution in [-0.4, -0.2) is 27.1 Å². The van der Waals surface area contributed by atoms with Crippen molar-refractivity contribution >= 4 is 17.8 Å². The summed E-state index contributed by atoms with van der Waals surface area (Å²) in [7, 11) is 0. The molecular formula is C14H19N5OS. The van der Waals surface area contributed by atoms with Crippen LogP contribution in [0.4, 0.5) is 4.79 Å². The van der Waals surface area contributed by atoms with E-state index >= 15 is 0 Å². The molecule has 1 heterocycles. The number of amides is 2. The lowest BCUT2D eigenvalue weighted by molar-refractivity contribution is 0.239. The van der Waals surface area contributed by atoms with E-state index in [1.165, 1.54) is 0 Å². The first-order valence-electron chi connectivity index (χ1n) is 6.76. The molecule has 0 atom stereocenters. The van der Waals surface area contributed by atoms with Crippen molar-refractivity contribution in [1.29, 1.82) is 0 Å². The fourth-order valence-corrected chi connectivity index (χ4v) is 2.50. The maximum Gasteiger partial charge on any atom is 0.315 e. The molecule has 1 aromatic heterocycles. The maximum atomic E-state index is 11.8. The topological polar surface area (TPSA) is 71.8 Å². The molecule has 0 radical (unpaired) electrons. The van der Waals surface area contributed by atoms with Gasteiger partial charge in [-0.15, -0.1) is 10.2 Å². The molecular weight excluding hydrogens is 286 g/mol. The van der Waals surface area contributed by atoms with E-state index in [1.54, 1.807) is 11.8 Å². The second-order valence-corrected chi connectivity index (χ2v) is 5.14. The van der Waals surface area contributed by atoms with Crippen LogP contribution < -0.4 is 10.6 Å². The number of aromatic nitrogens is 3. The quantitative estimate of drug-likeness (QED) is 0.801. The van der Waals surface area contributed by atoms with Crippen LogP contribution in [0.15, 0.2) is 35.5 Å². The average Bonchev–Trinajstić information content (AvgIpc) is 2.93. The number of carbonyl (C=O) groups excluding carboxylic acids is 1. The van der Waals surface area contributed by atoms with Crippen molar-refractivity contribution in [2.45, 2.75) is 31.7 Å². The molecule has 112 valence electrons. The summed E-state index contributed by atoms with van der Waals surface area (Å²) in [5.41, 5.74) is 1.06. The Morgan fingerprint density at radius 1 is 1.19 bits per heavy atom. The van der Waals surface area contributed by atoms with E-state index in [1.807, 2.05) is 48.1 Å². The summed E-state index contributed by atoms with van der Waals surface area (Å²) in [6.45, 7) is 3.68. The SMILES string of the molecule is CCn1c(CNC(=O)NCc2ccccc2)nnc1SC. The highest BCUT2D eigenvalue weighted by molar-refractivity contribution is 7.98. The molecule has 21 heavy (non-hydrogen) atoms. The number of rotatable bonds is 6. The van der Waals surface area contributed by atoms with Crippen LogP contribution in [0.5, 0.6) is 0 Å². The molecule has 2 N–H and O–H groups in total. The van der Waals surface area contributed by atoms with E-state index in [0.29, 0.717) is 13.1 Å². The van der Waals surface area contributed by atoms with Gasteiger partial charge in [0.05, 0.1) is 6.54 Å². The van der Waals surface area contributed by atoms with Crippen molar-refractivity contribution in [2.75, 3.05) is 6.26 Å². The molecule has 0 saturated heterocycles. The molecule has 1 aromatic carbocycles. The lowest BCUT2D eigenvalue weighted by atomic mass is 10.2. The van der Waals surface area contributed by atoms with Crippen LogP contribution in [-0.2, 0) is 19.6 Å². The highest BCUT2D eigenvalue weighted by Gasteiger charge is 2.10. The van der Waals surface area contributed by atoms with Crippen molar-refractivity contribution in [3.63, 3.8) is 0 Å². The summed E-state index contributed by atoms with van der Waals surface area (Å²) in [5.74, 6) is 0.761. The minimum absolute atomic E-state index is 0.213. The minimum atomic E-state index is -0.213. The number of carbonyl (C=O) groups is 1. The lowest BCUT2D eigenvalue weighted by Crippen LogP contribution is -2.35. The van der Waals surface area contributed by atoms with Crippen molar-refractivity contribution in [1.82, 2.24) is 25.4 Å². The van der Waals surface area contributed by atoms with E-state index in [9.17, 15) is 4.79 Å². The largest absolute Gasteiger partial charge is 0.334 e. The molecule has 0 spiro atoms. The summed E-state index contributed by atoms with van der Waals surface area (Å²) in [6.07, 6.45) is 1.96. The van der Waals surface area contributed by atoms with Crippen LogP contribution in [0.2, 0.25) is 0 Å². The van der Waals surface area contributed by atoms with Crippen LogP contribution in [0, 0.1) is 0 Å². The monoisotopic (exact) mass is 305 g/mol. The predicted molar refractivity (Wildman–Crippen MR) is 83.0 cm³/mol. The summed E-state index contributed by atoms with van der Waals surface area (Å²) < 4.78 is 1.99. The maximum absolute atomic E-state index is 11.8. The Morgan fingerprint density at radius 3 is 2.57 bits per heavy atom. The smallest absolute Gasteiger partial charge is 0.315 e. The fraction of sp³-hybridized carbons (Fsp3) is 0.357. The standard InChI is InChI=1S/C14H19N5OS/c1-3-19-12(17-18-14(19)21-2)10-16-13(20)15-9-11-7-5-4-6-8-11/h4-8H,3,9-10H2,1-2H3,(H2,15,16,20). The van der Waals surface area contributed by atoms with Crippen molar-refractivity contribution < 1.29 is 4.79 Å². The van der Waals surface area contributed by atoms with E-state index in [2.05, 4.69) is 20.8 Å². The Balaban J connectivity index is 1.83. The van der Waals surface area contributed by atoms with Gasteiger partial charge in [-0.2, -0.15) is 0 Å². The van der Waals surface area contributed by atoms with Crippen LogP contribution in [0.3, 0.4) is 0 Å². The van der Waals surface area contributed by atoms with Gasteiger partial charge in [-0.25, -0.2) is 4.79 Å². The number of benzene rings is 1. The molecule has 0 aliphatic rings. The Kier molecular flexibility index (Phi) is 5.62. The Morgan fingerprint density at radius 2 is 1.90 bits per heavy atom. The zero-order valence-electron chi connectivity index (χ0n) is 12.2. The molecule has 0 aliphatic carbocycles. The number of thioether (sulfide) groups is 1. The normalized spacial score (nSPS) is 10.4. The highest BCUT2D eigenvalue weighted by atomic mass is 32.2. The van der Waals surface area contributed by atoms with Crippen molar-refractivity contribution in [3.05, 3.63) is 41.7 Å². The molecule has 7 heteroatoms. The van der Waals surface area contributed by atoms with Gasteiger partial charge in [-0.05, 0) is 18.7 Å². The van der Waals surface area contributed by atoms with Gasteiger partial charge in [0.15, 0.2) is 11.0 Å². The average molecular weight is 305 g/mol. The van der Waals surface area contributed by atoms with Crippen LogP contribution in [0.1, 0.15) is 18.3 Å². The van der Waals surface area contributed by atoms with Crippen LogP contribution in [0.25, 0.3) is 0 Å². The Hall–Kier alpha value is -2.02. The minimum Gasteiger partial charge on any atom is -0.334 e. The molecule has 0 fully saturated rings. The third-order valence-electron chi connectivity index (χ3n) is 3.00. The summed E-state index contributed by atoms with van der Waals surface area (Å²) >= 11 is 1.54. The van der Waals surface area contributed by atoms with Gasteiger partial charge in [-0.3, -0.25) is 0 Å². The second kappa shape index (κ2) is 7.68. The van der Waals surface area contributed by atoms with E-state index < -0.39 is 0 Å². The van der Waals surface area contributed by atoms with E-state index in [4.69, 9.17) is 0 Å². The summed E-state index contributed by atoms with van der Waals surface area (Å²) in [5, 5.41) is 14.7. The van der Waals surface area contributed by atoms with Gasteiger partial charge in [0.1, 0.15) is 0 Å². The summed E-state index contributed by atoms with van der Waals surface area (Å²) in [6, 6.07) is 9.57. The van der Waals surface area contributed by atoms with E-state index in [0.717, 1.165) is 23.1 Å². The molecule has 0 bridgehead atoms. The van der Waals surface area contributed by atoms with Crippen molar-refractivity contribution in [3.8, 4) is 0 Å². The van der Waals surface area contributed by atoms with Gasteiger partial charge >= 0.3 is 6.03 Å². The van der Waals surface area contributed by atoms with Crippen LogP contribution >= 0.6 is 11.8 Å². The van der Waals surface area contributed by atoms with Gasteiger partial charge < -0.3 is 15.2 Å². The van der Waals surface area contributed by atoms with E-state index in [-0.39, 0.29) is 6.03 Å². The molecule has 2 rings (SSSR count). The third kappa shape index (κ3) is 4.22. The molecule has 2 amide bonds. The number of hydrogen-bond acceptors (Lipinski definition) is 4. The number of hydrogen-bond donors (Lipinski definition) is 2. The lowest BCUT2D eigenvalue weighted by Gasteiger charge is -2.09. The molecule has 0 unspecified atom stereocenters. The summed E-state index contributed by atoms with van der Waals surface area (Å²) in [4.78, 5) is 11.8. The molecule has 0 saturated carbocycles. The highest BCUT2D eigenvalue weighted by Crippen LogP contribution is 2.13. The number of nitrogens with one attached hydrogen (secondary N) is 2. The first kappa shape index (κ1) is 15.4. The van der Waals surface area contributed by atoms with Gasteiger partial charge in [0.2, 0.25) is 0 Å². The zero-order valence-corrected chi connectivity index (χ0v) is 13.0. The first-order chi connectivity index (χ1) is 10.2. The first-order valence-corrected chi connectivity index (χ1v) is 7.98. The fourth-order valence-electron chi connectivity index (χ4n) is 1.92. The molecule has 6 nitrogen and oxygen atoms in total. The Labute approximate surface area is 128 Å². The van der Waals surface area contributed by atoms with Gasteiger partial charge in [0, 0.05) is 13.1 Å². The Bertz CT molecular complexity index is 584. The molecule has 2 aromatic rings. The molecule has 0 aliphatic heterocycles.